The summed E-state index contributed by atoms with van der Waals surface area (Å²) >= 11 is 0. The predicted molar refractivity (Wildman–Crippen MR) is 115 cm³/mol. The van der Waals surface area contributed by atoms with Crippen LogP contribution in [-0.2, 0) is 34.3 Å². The summed E-state index contributed by atoms with van der Waals surface area (Å²) in [6.07, 6.45) is 0.955. The van der Waals surface area contributed by atoms with E-state index in [9.17, 15) is 9.00 Å². The molecule has 1 heterocycles. The summed E-state index contributed by atoms with van der Waals surface area (Å²) in [6.45, 7) is 2.46. The second-order valence-corrected chi connectivity index (χ2v) is 8.31. The lowest BCUT2D eigenvalue weighted by Gasteiger charge is -2.18. The molecule has 0 spiro atoms. The van der Waals surface area contributed by atoms with Crippen molar-refractivity contribution in [3.63, 3.8) is 0 Å². The average Bonchev–Trinajstić information content (AvgIpc) is 3.22. The Balaban J connectivity index is 1.56. The van der Waals surface area contributed by atoms with Crippen molar-refractivity contribution < 1.29 is 18.3 Å². The fourth-order valence-corrected chi connectivity index (χ4v) is 3.92. The molecule has 1 amide bonds. The predicted octanol–water partition coefficient (Wildman–Crippen LogP) is 3.21. The first-order valence-corrected chi connectivity index (χ1v) is 11.1. The molecule has 7 nitrogen and oxygen atoms in total. The van der Waals surface area contributed by atoms with E-state index < -0.39 is 10.8 Å². The Bertz CT molecular complexity index is 1020. The Morgan fingerprint density at radius 3 is 2.60 bits per heavy atom. The maximum Gasteiger partial charge on any atom is 0.239 e. The number of aryl methyl sites for hydroxylation is 1. The number of aromatic nitrogens is 2. The molecule has 0 aliphatic heterocycles. The van der Waals surface area contributed by atoms with Crippen LogP contribution in [0.4, 0.5) is 0 Å². The van der Waals surface area contributed by atoms with Crippen LogP contribution in [0.5, 0.6) is 5.75 Å². The van der Waals surface area contributed by atoms with Crippen LogP contribution in [-0.4, -0.2) is 45.1 Å². The molecule has 3 rings (SSSR count). The zero-order valence-corrected chi connectivity index (χ0v) is 18.1. The van der Waals surface area contributed by atoms with Crippen molar-refractivity contribution in [1.29, 1.82) is 0 Å². The Hall–Kier alpha value is -3.00. The van der Waals surface area contributed by atoms with Gasteiger partial charge in [-0.25, -0.2) is 0 Å². The fourth-order valence-electron chi connectivity index (χ4n) is 2.93. The monoisotopic (exact) mass is 427 g/mol. The SMILES string of the molecule is CCc1ccc(-c2noc(CS(=O)CC(=O)N(C)Cc3ccccc3OC)n2)cc1. The summed E-state index contributed by atoms with van der Waals surface area (Å²) in [5.41, 5.74) is 2.94. The largest absolute Gasteiger partial charge is 0.496 e. The van der Waals surface area contributed by atoms with E-state index in [2.05, 4.69) is 17.1 Å². The molecule has 0 bridgehead atoms. The topological polar surface area (TPSA) is 85.5 Å². The van der Waals surface area contributed by atoms with Gasteiger partial charge in [-0.2, -0.15) is 4.98 Å². The van der Waals surface area contributed by atoms with Gasteiger partial charge < -0.3 is 14.2 Å². The van der Waals surface area contributed by atoms with E-state index in [4.69, 9.17) is 9.26 Å². The Kier molecular flexibility index (Phi) is 7.35. The molecule has 1 unspecified atom stereocenters. The van der Waals surface area contributed by atoms with Crippen molar-refractivity contribution in [2.24, 2.45) is 0 Å². The number of carbonyl (C=O) groups is 1. The first kappa shape index (κ1) is 21.7. The zero-order valence-electron chi connectivity index (χ0n) is 17.3. The Morgan fingerprint density at radius 1 is 1.17 bits per heavy atom. The number of benzene rings is 2. The average molecular weight is 428 g/mol. The number of carbonyl (C=O) groups excluding carboxylic acids is 1. The van der Waals surface area contributed by atoms with Gasteiger partial charge in [-0.3, -0.25) is 9.00 Å². The van der Waals surface area contributed by atoms with E-state index in [1.165, 1.54) is 10.5 Å². The van der Waals surface area contributed by atoms with E-state index in [1.807, 2.05) is 48.5 Å². The highest BCUT2D eigenvalue weighted by molar-refractivity contribution is 7.84. The van der Waals surface area contributed by atoms with Gasteiger partial charge in [-0.1, -0.05) is 54.5 Å². The molecule has 0 radical (unpaired) electrons. The van der Waals surface area contributed by atoms with E-state index in [0.717, 1.165) is 17.5 Å². The normalized spacial score (nSPS) is 11.8. The molecular formula is C22H25N3O4S. The summed E-state index contributed by atoms with van der Waals surface area (Å²) in [7, 11) is 1.81. The molecule has 0 aliphatic rings. The number of methoxy groups -OCH3 is 1. The minimum atomic E-state index is -1.45. The summed E-state index contributed by atoms with van der Waals surface area (Å²) < 4.78 is 23.0. The van der Waals surface area contributed by atoms with E-state index >= 15 is 0 Å². The molecule has 0 aliphatic carbocycles. The van der Waals surface area contributed by atoms with Gasteiger partial charge in [0.25, 0.3) is 0 Å². The number of amides is 1. The summed E-state index contributed by atoms with van der Waals surface area (Å²) in [5, 5.41) is 3.95. The minimum absolute atomic E-state index is 0.0360. The Morgan fingerprint density at radius 2 is 1.90 bits per heavy atom. The number of ether oxygens (including phenoxy) is 1. The van der Waals surface area contributed by atoms with Crippen LogP contribution in [0.15, 0.2) is 53.1 Å². The third-order valence-electron chi connectivity index (χ3n) is 4.68. The third kappa shape index (κ3) is 5.54. The number of hydrogen-bond donors (Lipinski definition) is 0. The lowest BCUT2D eigenvalue weighted by molar-refractivity contribution is -0.127. The molecule has 0 saturated carbocycles. The second kappa shape index (κ2) is 10.2. The third-order valence-corrected chi connectivity index (χ3v) is 5.82. The lowest BCUT2D eigenvalue weighted by atomic mass is 10.1. The van der Waals surface area contributed by atoms with Gasteiger partial charge in [0.05, 0.1) is 7.11 Å². The standard InChI is InChI=1S/C22H25N3O4S/c1-4-16-9-11-17(12-10-16)22-23-20(29-24-22)14-30(27)15-21(26)25(2)13-18-7-5-6-8-19(18)28-3/h5-12H,4,13-15H2,1-3H3. The second-order valence-electron chi connectivity index (χ2n) is 6.85. The van der Waals surface area contributed by atoms with Crippen LogP contribution in [0.3, 0.4) is 0 Å². The van der Waals surface area contributed by atoms with Gasteiger partial charge in [0.2, 0.25) is 17.6 Å². The summed E-state index contributed by atoms with van der Waals surface area (Å²) in [6, 6.07) is 15.4. The quantitative estimate of drug-likeness (QED) is 0.521. The highest BCUT2D eigenvalue weighted by Gasteiger charge is 2.18. The molecule has 158 valence electrons. The van der Waals surface area contributed by atoms with Crippen LogP contribution in [0.2, 0.25) is 0 Å². The minimum Gasteiger partial charge on any atom is -0.496 e. The first-order valence-electron chi connectivity index (χ1n) is 9.63. The Labute approximate surface area is 178 Å². The van der Waals surface area contributed by atoms with E-state index in [-0.39, 0.29) is 23.3 Å². The molecule has 30 heavy (non-hydrogen) atoms. The van der Waals surface area contributed by atoms with Crippen molar-refractivity contribution in [3.8, 4) is 17.1 Å². The van der Waals surface area contributed by atoms with Gasteiger partial charge in [-0.05, 0) is 18.1 Å². The maximum atomic E-state index is 12.5. The fraction of sp³-hybridized carbons (Fsp3) is 0.318. The van der Waals surface area contributed by atoms with E-state index in [1.54, 1.807) is 14.2 Å². The maximum absolute atomic E-state index is 12.5. The van der Waals surface area contributed by atoms with Crippen molar-refractivity contribution in [1.82, 2.24) is 15.0 Å². The summed E-state index contributed by atoms with van der Waals surface area (Å²) in [4.78, 5) is 18.3. The van der Waals surface area contributed by atoms with Gasteiger partial charge in [0.15, 0.2) is 0 Å². The summed E-state index contributed by atoms with van der Waals surface area (Å²) in [5.74, 6) is 1.10. The van der Waals surface area contributed by atoms with Crippen molar-refractivity contribution in [2.45, 2.75) is 25.6 Å². The number of nitrogens with zero attached hydrogens (tertiary/aromatic N) is 3. The highest BCUT2D eigenvalue weighted by atomic mass is 32.2. The van der Waals surface area contributed by atoms with Crippen molar-refractivity contribution >= 4 is 16.7 Å². The van der Waals surface area contributed by atoms with Gasteiger partial charge >= 0.3 is 0 Å². The van der Waals surface area contributed by atoms with Gasteiger partial charge in [-0.15, -0.1) is 0 Å². The molecule has 0 N–H and O–H groups in total. The van der Waals surface area contributed by atoms with Crippen LogP contribution in [0.1, 0.15) is 23.9 Å². The number of para-hydroxylation sites is 1. The molecule has 1 aromatic heterocycles. The van der Waals surface area contributed by atoms with Crippen LogP contribution >= 0.6 is 0 Å². The van der Waals surface area contributed by atoms with Gasteiger partial charge in [0, 0.05) is 35.5 Å². The highest BCUT2D eigenvalue weighted by Crippen LogP contribution is 2.19. The number of rotatable bonds is 9. The molecular weight excluding hydrogens is 402 g/mol. The smallest absolute Gasteiger partial charge is 0.239 e. The van der Waals surface area contributed by atoms with Crippen LogP contribution in [0.25, 0.3) is 11.4 Å². The number of hydrogen-bond acceptors (Lipinski definition) is 6. The van der Waals surface area contributed by atoms with Crippen molar-refractivity contribution in [2.75, 3.05) is 19.9 Å². The first-order chi connectivity index (χ1) is 14.5. The molecule has 3 aromatic rings. The van der Waals surface area contributed by atoms with Crippen LogP contribution < -0.4 is 4.74 Å². The zero-order chi connectivity index (χ0) is 21.5. The van der Waals surface area contributed by atoms with Gasteiger partial charge in [0.1, 0.15) is 17.3 Å². The molecule has 0 saturated heterocycles. The molecule has 0 fully saturated rings. The van der Waals surface area contributed by atoms with E-state index in [0.29, 0.717) is 18.1 Å². The van der Waals surface area contributed by atoms with Crippen molar-refractivity contribution in [3.05, 3.63) is 65.5 Å². The molecule has 2 aromatic carbocycles. The lowest BCUT2D eigenvalue weighted by Crippen LogP contribution is -2.30. The molecule has 1 atom stereocenters. The molecule has 8 heteroatoms. The van der Waals surface area contributed by atoms with Crippen LogP contribution in [0, 0.1) is 0 Å².